The van der Waals surface area contributed by atoms with E-state index in [2.05, 4.69) is 27.7 Å². The topological polar surface area (TPSA) is 54.4 Å². The highest BCUT2D eigenvalue weighted by atomic mass is 32.2. The molecule has 28 heavy (non-hydrogen) atoms. The van der Waals surface area contributed by atoms with Crippen LogP contribution >= 0.6 is 0 Å². The summed E-state index contributed by atoms with van der Waals surface area (Å²) in [6.45, 7) is 14.2. The molecule has 0 atom stereocenters. The second-order valence-corrected chi connectivity index (χ2v) is 7.46. The van der Waals surface area contributed by atoms with Gasteiger partial charge in [0.2, 0.25) is 0 Å². The summed E-state index contributed by atoms with van der Waals surface area (Å²) in [6.07, 6.45) is -10.7. The zero-order chi connectivity index (χ0) is 23.2. The van der Waals surface area contributed by atoms with Crippen molar-refractivity contribution in [2.45, 2.75) is 63.8 Å². The molecule has 0 amide bonds. The number of halogens is 9. The summed E-state index contributed by atoms with van der Waals surface area (Å²) in [6, 6.07) is 0. The average molecular weight is 458 g/mol. The third-order valence-corrected chi connectivity index (χ3v) is 5.46. The molecule has 0 unspecified atom stereocenters. The maximum absolute atomic E-state index is 12.7. The first-order valence-electron chi connectivity index (χ1n) is 8.22. The lowest BCUT2D eigenvalue weighted by Gasteiger charge is -2.34. The van der Waals surface area contributed by atoms with E-state index in [0.29, 0.717) is 0 Å². The van der Waals surface area contributed by atoms with Crippen LogP contribution in [-0.4, -0.2) is 66.9 Å². The van der Waals surface area contributed by atoms with Gasteiger partial charge in [0.25, 0.3) is 0 Å². The zero-order valence-corrected chi connectivity index (χ0v) is 16.6. The van der Waals surface area contributed by atoms with Crippen LogP contribution in [0.3, 0.4) is 0 Å². The predicted molar refractivity (Wildman–Crippen MR) is 84.1 cm³/mol. The van der Waals surface area contributed by atoms with Gasteiger partial charge >= 0.3 is 33.4 Å². The molecule has 0 saturated carbocycles. The number of hydrogen-bond acceptors (Lipinski definition) is 2. The van der Waals surface area contributed by atoms with Crippen LogP contribution in [0.1, 0.15) is 40.5 Å². The second kappa shape index (κ2) is 9.83. The Morgan fingerprint density at radius 2 is 1.04 bits per heavy atom. The van der Waals surface area contributed by atoms with E-state index in [-0.39, 0.29) is 0 Å². The molecule has 0 heterocycles. The zero-order valence-electron chi connectivity index (χ0n) is 15.8. The van der Waals surface area contributed by atoms with Gasteiger partial charge in [-0.3, -0.25) is 4.55 Å². The third kappa shape index (κ3) is 7.25. The Kier molecular flexibility index (Phi) is 10.3. The minimum atomic E-state index is -6.94. The van der Waals surface area contributed by atoms with Gasteiger partial charge in [-0.15, -0.1) is 0 Å². The van der Waals surface area contributed by atoms with E-state index >= 15 is 0 Å². The van der Waals surface area contributed by atoms with E-state index in [0.717, 1.165) is 0 Å². The lowest BCUT2D eigenvalue weighted by molar-refractivity contribution is -0.921. The number of nitrogens with zero attached hydrogens (tertiary/aromatic N) is 1. The molecular formula is C14H25F9NO3S+. The predicted octanol–water partition coefficient (Wildman–Crippen LogP) is 4.96. The Bertz CT molecular complexity index is 556. The molecule has 172 valence electrons. The first kappa shape index (κ1) is 29.4. The van der Waals surface area contributed by atoms with E-state index in [9.17, 15) is 47.9 Å². The first-order valence-corrected chi connectivity index (χ1v) is 9.66. The van der Waals surface area contributed by atoms with Gasteiger partial charge in [-0.2, -0.15) is 47.9 Å². The lowest BCUT2D eigenvalue weighted by Crippen LogP contribution is -2.57. The maximum atomic E-state index is 12.7. The molecule has 4 nitrogen and oxygen atoms in total. The van der Waals surface area contributed by atoms with Gasteiger partial charge in [-0.25, -0.2) is 0 Å². The van der Waals surface area contributed by atoms with E-state index in [4.69, 9.17) is 4.55 Å². The Morgan fingerprint density at radius 3 is 1.21 bits per heavy atom. The van der Waals surface area contributed by atoms with Crippen LogP contribution in [-0.2, 0) is 10.1 Å². The van der Waals surface area contributed by atoms with E-state index in [1.54, 1.807) is 0 Å². The van der Waals surface area contributed by atoms with Crippen molar-refractivity contribution >= 4 is 10.1 Å². The molecule has 0 rings (SSSR count). The SMILES string of the molecule is CC[N+](CC)(CC)CC.O=S(=O)(O)C(F)(F)C(F)(F)C(F)(F)CCC(F)(F)F. The second-order valence-electron chi connectivity index (χ2n) is 5.99. The summed E-state index contributed by atoms with van der Waals surface area (Å²) < 4.78 is 139. The quantitative estimate of drug-likeness (QED) is 0.302. The molecule has 0 aliphatic carbocycles. The molecule has 0 fully saturated rings. The largest absolute Gasteiger partial charge is 0.437 e. The first-order chi connectivity index (χ1) is 12.2. The normalized spacial score (nSPS) is 14.5. The van der Waals surface area contributed by atoms with Crippen molar-refractivity contribution in [2.24, 2.45) is 0 Å². The summed E-state index contributed by atoms with van der Waals surface area (Å²) in [4.78, 5) is 0. The van der Waals surface area contributed by atoms with Crippen molar-refractivity contribution in [1.82, 2.24) is 0 Å². The number of alkyl halides is 9. The van der Waals surface area contributed by atoms with E-state index in [1.807, 2.05) is 0 Å². The molecule has 0 spiro atoms. The molecular weight excluding hydrogens is 433 g/mol. The van der Waals surface area contributed by atoms with Crippen LogP contribution in [0, 0.1) is 0 Å². The van der Waals surface area contributed by atoms with Crippen LogP contribution in [0.15, 0.2) is 0 Å². The van der Waals surface area contributed by atoms with Gasteiger partial charge in [-0.05, 0) is 27.7 Å². The van der Waals surface area contributed by atoms with Gasteiger partial charge in [0.1, 0.15) is 0 Å². The molecule has 1 N–H and O–H groups in total. The van der Waals surface area contributed by atoms with Crippen molar-refractivity contribution in [3.05, 3.63) is 0 Å². The fraction of sp³-hybridized carbons (Fsp3) is 1.00. The molecule has 0 aromatic heterocycles. The van der Waals surface area contributed by atoms with Crippen molar-refractivity contribution in [1.29, 1.82) is 0 Å². The van der Waals surface area contributed by atoms with Gasteiger partial charge in [0.15, 0.2) is 0 Å². The van der Waals surface area contributed by atoms with E-state index in [1.165, 1.54) is 30.7 Å². The highest BCUT2D eigenvalue weighted by molar-refractivity contribution is 7.87. The molecule has 14 heteroatoms. The Hall–Kier alpha value is -0.760. The highest BCUT2D eigenvalue weighted by Gasteiger charge is 2.77. The van der Waals surface area contributed by atoms with Crippen LogP contribution in [0.4, 0.5) is 39.5 Å². The van der Waals surface area contributed by atoms with Crippen LogP contribution in [0.25, 0.3) is 0 Å². The van der Waals surface area contributed by atoms with Crippen LogP contribution < -0.4 is 0 Å². The maximum Gasteiger partial charge on any atom is 0.437 e. The molecule has 0 bridgehead atoms. The van der Waals surface area contributed by atoms with Gasteiger partial charge in [0, 0.05) is 12.8 Å². The number of hydrogen-bond donors (Lipinski definition) is 1. The summed E-state index contributed by atoms with van der Waals surface area (Å²) in [5, 5.41) is -6.63. The highest BCUT2D eigenvalue weighted by Crippen LogP contribution is 2.50. The van der Waals surface area contributed by atoms with Crippen molar-refractivity contribution in [3.8, 4) is 0 Å². The minimum Gasteiger partial charge on any atom is -0.325 e. The summed E-state index contributed by atoms with van der Waals surface area (Å²) in [5.41, 5.74) is 0. The minimum absolute atomic E-state index is 1.28. The molecule has 0 radical (unpaired) electrons. The summed E-state index contributed by atoms with van der Waals surface area (Å²) >= 11 is 0. The monoisotopic (exact) mass is 458 g/mol. The van der Waals surface area contributed by atoms with Gasteiger partial charge < -0.3 is 4.48 Å². The fourth-order valence-electron chi connectivity index (χ4n) is 2.17. The fourth-order valence-corrected chi connectivity index (χ4v) is 2.65. The molecule has 0 aromatic carbocycles. The van der Waals surface area contributed by atoms with E-state index < -0.39 is 46.2 Å². The van der Waals surface area contributed by atoms with Gasteiger partial charge in [0.05, 0.1) is 26.2 Å². The smallest absolute Gasteiger partial charge is 0.325 e. The lowest BCUT2D eigenvalue weighted by atomic mass is 10.1. The van der Waals surface area contributed by atoms with Crippen LogP contribution in [0.2, 0.25) is 0 Å². The summed E-state index contributed by atoms with van der Waals surface area (Å²) in [5.74, 6) is -12.7. The van der Waals surface area contributed by atoms with Gasteiger partial charge in [-0.1, -0.05) is 0 Å². The number of quaternary nitrogens is 1. The molecule has 0 saturated heterocycles. The van der Waals surface area contributed by atoms with Crippen molar-refractivity contribution < 1.29 is 57.0 Å². The molecule has 0 aromatic rings. The van der Waals surface area contributed by atoms with Crippen molar-refractivity contribution in [2.75, 3.05) is 26.2 Å². The standard InChI is InChI=1S/C8H20N.C6H5F9O3S/c1-5-9(6-2,7-3)8-4;7-3(8,1-2-4(9,10)11)5(12,13)6(14,15)19(16,17)18/h5-8H2,1-4H3;1-2H2,(H,16,17,18)/q+1;. The number of rotatable bonds is 9. The summed E-state index contributed by atoms with van der Waals surface area (Å²) in [7, 11) is -6.94. The molecule has 0 aliphatic heterocycles. The molecule has 0 aliphatic rings. The third-order valence-electron chi connectivity index (χ3n) is 4.55. The average Bonchev–Trinajstić information content (AvgIpc) is 2.54. The Labute approximate surface area is 158 Å². The Balaban J connectivity index is 0. The van der Waals surface area contributed by atoms with Crippen LogP contribution in [0.5, 0.6) is 0 Å². The van der Waals surface area contributed by atoms with Crippen molar-refractivity contribution in [3.63, 3.8) is 0 Å². The Morgan fingerprint density at radius 1 is 0.714 bits per heavy atom.